The van der Waals surface area contributed by atoms with Crippen LogP contribution in [0, 0.1) is 3.57 Å². The first-order valence-corrected chi connectivity index (χ1v) is 9.27. The van der Waals surface area contributed by atoms with Crippen LogP contribution < -0.4 is 9.47 Å². The molecule has 0 spiro atoms. The van der Waals surface area contributed by atoms with Crippen LogP contribution in [0.5, 0.6) is 11.5 Å². The number of rotatable bonds is 2. The molecule has 124 valence electrons. The van der Waals surface area contributed by atoms with Gasteiger partial charge in [-0.2, -0.15) is 0 Å². The second kappa shape index (κ2) is 6.63. The number of amides is 1. The smallest absolute Gasteiger partial charge is 0.255 e. The molecule has 2 aliphatic heterocycles. The van der Waals surface area contributed by atoms with Gasteiger partial charge in [-0.1, -0.05) is 18.2 Å². The van der Waals surface area contributed by atoms with Crippen LogP contribution in [-0.2, 0) is 0 Å². The Balaban J connectivity index is 1.63. The van der Waals surface area contributed by atoms with Gasteiger partial charge in [-0.05, 0) is 65.3 Å². The summed E-state index contributed by atoms with van der Waals surface area (Å²) in [4.78, 5) is 15.0. The van der Waals surface area contributed by atoms with Gasteiger partial charge in [0.05, 0.1) is 11.6 Å². The lowest BCUT2D eigenvalue weighted by atomic mass is 10.0. The summed E-state index contributed by atoms with van der Waals surface area (Å²) in [6.07, 6.45) is 2.00. The normalized spacial score (nSPS) is 19.4. The fraction of sp³-hybridized carbons (Fsp3) is 0.316. The average Bonchev–Trinajstić information content (AvgIpc) is 3.11. The fourth-order valence-corrected chi connectivity index (χ4v) is 4.03. The molecule has 0 saturated carbocycles. The maximum absolute atomic E-state index is 13.0. The fourth-order valence-electron chi connectivity index (χ4n) is 3.41. The Kier molecular flexibility index (Phi) is 4.35. The lowest BCUT2D eigenvalue weighted by Gasteiger charge is -2.27. The highest BCUT2D eigenvalue weighted by Gasteiger charge is 2.32. The highest BCUT2D eigenvalue weighted by Crippen LogP contribution is 2.38. The van der Waals surface area contributed by atoms with Gasteiger partial charge in [-0.25, -0.2) is 0 Å². The number of carbonyl (C=O) groups excluding carboxylic acids is 1. The Labute approximate surface area is 154 Å². The molecule has 0 aromatic heterocycles. The summed E-state index contributed by atoms with van der Waals surface area (Å²) in [6, 6.07) is 13.9. The molecule has 0 N–H and O–H groups in total. The summed E-state index contributed by atoms with van der Waals surface area (Å²) >= 11 is 2.23. The Morgan fingerprint density at radius 2 is 1.88 bits per heavy atom. The molecule has 4 nitrogen and oxygen atoms in total. The second-order valence-corrected chi connectivity index (χ2v) is 7.20. The lowest BCUT2D eigenvalue weighted by molar-refractivity contribution is 0.0734. The van der Waals surface area contributed by atoms with Gasteiger partial charge >= 0.3 is 0 Å². The maximum atomic E-state index is 13.0. The predicted molar refractivity (Wildman–Crippen MR) is 99.6 cm³/mol. The van der Waals surface area contributed by atoms with Crippen molar-refractivity contribution in [2.24, 2.45) is 0 Å². The van der Waals surface area contributed by atoms with E-state index in [1.54, 1.807) is 0 Å². The molecule has 1 fully saturated rings. The number of nitrogens with zero attached hydrogens (tertiary/aromatic N) is 1. The van der Waals surface area contributed by atoms with Crippen LogP contribution in [0.1, 0.15) is 34.8 Å². The molecule has 1 atom stereocenters. The summed E-state index contributed by atoms with van der Waals surface area (Å²) in [7, 11) is 0. The van der Waals surface area contributed by atoms with Gasteiger partial charge in [0.1, 0.15) is 13.2 Å². The monoisotopic (exact) mass is 435 g/mol. The molecule has 2 aromatic carbocycles. The van der Waals surface area contributed by atoms with Gasteiger partial charge in [0.25, 0.3) is 5.91 Å². The van der Waals surface area contributed by atoms with Gasteiger partial charge in [0.15, 0.2) is 11.5 Å². The second-order valence-electron chi connectivity index (χ2n) is 6.04. The van der Waals surface area contributed by atoms with Gasteiger partial charge < -0.3 is 14.4 Å². The number of benzene rings is 2. The number of ether oxygens (including phenoxy) is 2. The molecule has 2 aromatic rings. The van der Waals surface area contributed by atoms with E-state index in [9.17, 15) is 4.79 Å². The van der Waals surface area contributed by atoms with Gasteiger partial charge in [-0.15, -0.1) is 0 Å². The van der Waals surface area contributed by atoms with E-state index in [0.29, 0.717) is 13.2 Å². The van der Waals surface area contributed by atoms with E-state index in [1.807, 2.05) is 41.3 Å². The topological polar surface area (TPSA) is 38.8 Å². The summed E-state index contributed by atoms with van der Waals surface area (Å²) in [5, 5.41) is 0. The molecular formula is C19H18INO3. The Hall–Kier alpha value is -1.76. The largest absolute Gasteiger partial charge is 0.486 e. The number of carbonyl (C=O) groups is 1. The Morgan fingerprint density at radius 3 is 2.71 bits per heavy atom. The number of hydrogen-bond acceptors (Lipinski definition) is 3. The first-order chi connectivity index (χ1) is 11.7. The molecule has 24 heavy (non-hydrogen) atoms. The van der Waals surface area contributed by atoms with E-state index in [-0.39, 0.29) is 11.9 Å². The molecule has 1 amide bonds. The van der Waals surface area contributed by atoms with Crippen molar-refractivity contribution >= 4 is 28.5 Å². The van der Waals surface area contributed by atoms with Crippen molar-refractivity contribution in [1.82, 2.24) is 4.90 Å². The van der Waals surface area contributed by atoms with Crippen molar-refractivity contribution in [3.05, 3.63) is 57.2 Å². The molecule has 4 rings (SSSR count). The zero-order chi connectivity index (χ0) is 16.5. The van der Waals surface area contributed by atoms with Crippen LogP contribution in [0.15, 0.2) is 42.5 Å². The third kappa shape index (κ3) is 2.85. The number of likely N-dealkylation sites (tertiary alicyclic amines) is 1. The standard InChI is InChI=1S/C19H18INO3/c20-15-5-2-1-4-14(15)19(22)21-9-3-6-16(21)13-7-8-17-18(12-13)24-11-10-23-17/h1-2,4-5,7-8,12,16H,3,6,9-11H2. The number of hydrogen-bond donors (Lipinski definition) is 0. The average molecular weight is 435 g/mol. The zero-order valence-corrected chi connectivity index (χ0v) is 15.4. The van der Waals surface area contributed by atoms with Crippen molar-refractivity contribution in [2.75, 3.05) is 19.8 Å². The lowest BCUT2D eigenvalue weighted by Crippen LogP contribution is -2.31. The SMILES string of the molecule is O=C(c1ccccc1I)N1CCCC1c1ccc2c(c1)OCCO2. The maximum Gasteiger partial charge on any atom is 0.255 e. The minimum Gasteiger partial charge on any atom is -0.486 e. The first kappa shape index (κ1) is 15.7. The summed E-state index contributed by atoms with van der Waals surface area (Å²) in [6.45, 7) is 1.96. The molecule has 0 radical (unpaired) electrons. The van der Waals surface area contributed by atoms with Crippen LogP contribution in [0.2, 0.25) is 0 Å². The first-order valence-electron chi connectivity index (χ1n) is 8.19. The van der Waals surface area contributed by atoms with E-state index < -0.39 is 0 Å². The van der Waals surface area contributed by atoms with Crippen LogP contribution in [-0.4, -0.2) is 30.6 Å². The highest BCUT2D eigenvalue weighted by atomic mass is 127. The van der Waals surface area contributed by atoms with Crippen molar-refractivity contribution in [3.8, 4) is 11.5 Å². The minimum absolute atomic E-state index is 0.101. The van der Waals surface area contributed by atoms with E-state index >= 15 is 0 Å². The van der Waals surface area contributed by atoms with Gasteiger partial charge in [0, 0.05) is 10.1 Å². The van der Waals surface area contributed by atoms with Crippen molar-refractivity contribution in [2.45, 2.75) is 18.9 Å². The molecule has 0 bridgehead atoms. The third-order valence-electron chi connectivity index (χ3n) is 4.57. The highest BCUT2D eigenvalue weighted by molar-refractivity contribution is 14.1. The van der Waals surface area contributed by atoms with Crippen molar-refractivity contribution in [3.63, 3.8) is 0 Å². The van der Waals surface area contributed by atoms with Crippen molar-refractivity contribution < 1.29 is 14.3 Å². The number of fused-ring (bicyclic) bond motifs is 1. The summed E-state index contributed by atoms with van der Waals surface area (Å²) in [5.74, 6) is 1.68. The van der Waals surface area contributed by atoms with Crippen molar-refractivity contribution in [1.29, 1.82) is 0 Å². The van der Waals surface area contributed by atoms with Gasteiger partial charge in [0.2, 0.25) is 0 Å². The molecule has 5 heteroatoms. The Bertz CT molecular complexity index is 777. The van der Waals surface area contributed by atoms with Crippen LogP contribution in [0.4, 0.5) is 0 Å². The van der Waals surface area contributed by atoms with E-state index in [0.717, 1.165) is 45.6 Å². The van der Waals surface area contributed by atoms with E-state index in [2.05, 4.69) is 28.7 Å². The Morgan fingerprint density at radius 1 is 1.08 bits per heavy atom. The van der Waals surface area contributed by atoms with Crippen LogP contribution >= 0.6 is 22.6 Å². The molecule has 1 unspecified atom stereocenters. The molecule has 1 saturated heterocycles. The molecule has 2 aliphatic rings. The summed E-state index contributed by atoms with van der Waals surface area (Å²) in [5.41, 5.74) is 1.90. The number of halogens is 1. The zero-order valence-electron chi connectivity index (χ0n) is 13.2. The molecular weight excluding hydrogens is 417 g/mol. The quantitative estimate of drug-likeness (QED) is 0.669. The predicted octanol–water partition coefficient (Wildman–Crippen LogP) is 4.04. The molecule has 0 aliphatic carbocycles. The van der Waals surface area contributed by atoms with Crippen LogP contribution in [0.3, 0.4) is 0 Å². The van der Waals surface area contributed by atoms with Gasteiger partial charge in [-0.3, -0.25) is 4.79 Å². The summed E-state index contributed by atoms with van der Waals surface area (Å²) < 4.78 is 12.3. The molecule has 2 heterocycles. The van der Waals surface area contributed by atoms with Crippen LogP contribution in [0.25, 0.3) is 0 Å². The third-order valence-corrected chi connectivity index (χ3v) is 5.51. The van der Waals surface area contributed by atoms with E-state index in [1.165, 1.54) is 0 Å². The minimum atomic E-state index is 0.101. The van der Waals surface area contributed by atoms with E-state index in [4.69, 9.17) is 9.47 Å².